The molecule has 0 radical (unpaired) electrons. The Kier molecular flexibility index (Phi) is 5.72. The van der Waals surface area contributed by atoms with E-state index in [4.69, 9.17) is 9.47 Å². The lowest BCUT2D eigenvalue weighted by Gasteiger charge is -2.13. The molecular formula is C13H21NO2. The second-order valence-corrected chi connectivity index (χ2v) is 3.95. The topological polar surface area (TPSA) is 30.5 Å². The van der Waals surface area contributed by atoms with E-state index in [0.29, 0.717) is 5.92 Å². The quantitative estimate of drug-likeness (QED) is 0.769. The minimum atomic E-state index is 0.625. The van der Waals surface area contributed by atoms with Crippen LogP contribution in [0.25, 0.3) is 0 Å². The minimum absolute atomic E-state index is 0.625. The molecule has 0 aliphatic carbocycles. The highest BCUT2D eigenvalue weighted by Gasteiger charge is 2.04. The summed E-state index contributed by atoms with van der Waals surface area (Å²) in [5.41, 5.74) is 0. The predicted octanol–water partition coefficient (Wildman–Crippen LogP) is 2.32. The zero-order valence-corrected chi connectivity index (χ0v) is 10.3. The van der Waals surface area contributed by atoms with Crippen LogP contribution in [0.1, 0.15) is 13.3 Å². The van der Waals surface area contributed by atoms with Gasteiger partial charge in [0.2, 0.25) is 0 Å². The van der Waals surface area contributed by atoms with E-state index in [1.807, 2.05) is 31.3 Å². The predicted molar refractivity (Wildman–Crippen MR) is 66.2 cm³/mol. The second kappa shape index (κ2) is 7.12. The van der Waals surface area contributed by atoms with E-state index in [1.54, 1.807) is 7.11 Å². The highest BCUT2D eigenvalue weighted by Crippen LogP contribution is 2.25. The maximum atomic E-state index is 5.69. The molecule has 1 aromatic carbocycles. The van der Waals surface area contributed by atoms with Crippen molar-refractivity contribution in [2.45, 2.75) is 13.3 Å². The molecule has 1 N–H and O–H groups in total. The van der Waals surface area contributed by atoms with E-state index in [9.17, 15) is 0 Å². The van der Waals surface area contributed by atoms with Gasteiger partial charge in [0, 0.05) is 0 Å². The van der Waals surface area contributed by atoms with Crippen LogP contribution in [0.15, 0.2) is 24.3 Å². The lowest BCUT2D eigenvalue weighted by molar-refractivity contribution is 0.267. The molecule has 0 heterocycles. The van der Waals surface area contributed by atoms with Crippen molar-refractivity contribution in [2.75, 3.05) is 27.3 Å². The third-order valence-corrected chi connectivity index (χ3v) is 2.49. The molecule has 16 heavy (non-hydrogen) atoms. The largest absolute Gasteiger partial charge is 0.493 e. The van der Waals surface area contributed by atoms with Gasteiger partial charge in [-0.25, -0.2) is 0 Å². The Morgan fingerprint density at radius 3 is 2.56 bits per heavy atom. The van der Waals surface area contributed by atoms with E-state index in [1.165, 1.54) is 0 Å². The van der Waals surface area contributed by atoms with Crippen molar-refractivity contribution < 1.29 is 9.47 Å². The van der Waals surface area contributed by atoms with Gasteiger partial charge in [-0.15, -0.1) is 0 Å². The smallest absolute Gasteiger partial charge is 0.161 e. The summed E-state index contributed by atoms with van der Waals surface area (Å²) in [4.78, 5) is 0. The SMILES string of the molecule is CNCC(C)CCOc1ccccc1OC. The fourth-order valence-electron chi connectivity index (χ4n) is 1.56. The van der Waals surface area contributed by atoms with Crippen LogP contribution in [-0.4, -0.2) is 27.3 Å². The van der Waals surface area contributed by atoms with Gasteiger partial charge < -0.3 is 14.8 Å². The van der Waals surface area contributed by atoms with Gasteiger partial charge in [0.1, 0.15) is 0 Å². The molecule has 3 heteroatoms. The maximum Gasteiger partial charge on any atom is 0.161 e. The highest BCUT2D eigenvalue weighted by atomic mass is 16.5. The summed E-state index contributed by atoms with van der Waals surface area (Å²) in [6, 6.07) is 7.73. The fourth-order valence-corrected chi connectivity index (χ4v) is 1.56. The first-order valence-corrected chi connectivity index (χ1v) is 5.68. The van der Waals surface area contributed by atoms with Gasteiger partial charge in [-0.3, -0.25) is 0 Å². The van der Waals surface area contributed by atoms with E-state index in [0.717, 1.165) is 31.1 Å². The summed E-state index contributed by atoms with van der Waals surface area (Å²) in [6.45, 7) is 3.96. The molecular weight excluding hydrogens is 202 g/mol. The van der Waals surface area contributed by atoms with Gasteiger partial charge in [-0.1, -0.05) is 19.1 Å². The summed E-state index contributed by atoms with van der Waals surface area (Å²) in [7, 11) is 3.63. The summed E-state index contributed by atoms with van der Waals surface area (Å²) in [5, 5.41) is 3.16. The van der Waals surface area contributed by atoms with E-state index >= 15 is 0 Å². The Labute approximate surface area is 97.8 Å². The summed E-state index contributed by atoms with van der Waals surface area (Å²) in [5.74, 6) is 2.24. The average molecular weight is 223 g/mol. The molecule has 0 aliphatic rings. The average Bonchev–Trinajstić information content (AvgIpc) is 2.30. The normalized spacial score (nSPS) is 12.2. The first-order valence-electron chi connectivity index (χ1n) is 5.68. The van der Waals surface area contributed by atoms with Gasteiger partial charge >= 0.3 is 0 Å². The van der Waals surface area contributed by atoms with Crippen molar-refractivity contribution in [1.82, 2.24) is 5.32 Å². The van der Waals surface area contributed by atoms with Gasteiger partial charge in [0.05, 0.1) is 13.7 Å². The third-order valence-electron chi connectivity index (χ3n) is 2.49. The van der Waals surface area contributed by atoms with Crippen molar-refractivity contribution in [3.63, 3.8) is 0 Å². The molecule has 0 saturated carbocycles. The van der Waals surface area contributed by atoms with Gasteiger partial charge in [0.25, 0.3) is 0 Å². The van der Waals surface area contributed by atoms with Gasteiger partial charge in [-0.2, -0.15) is 0 Å². The van der Waals surface area contributed by atoms with Crippen molar-refractivity contribution in [1.29, 1.82) is 0 Å². The number of hydrogen-bond donors (Lipinski definition) is 1. The molecule has 3 nitrogen and oxygen atoms in total. The Hall–Kier alpha value is -1.22. The van der Waals surface area contributed by atoms with Crippen molar-refractivity contribution in [3.8, 4) is 11.5 Å². The number of para-hydroxylation sites is 2. The molecule has 1 rings (SSSR count). The van der Waals surface area contributed by atoms with E-state index < -0.39 is 0 Å². The Balaban J connectivity index is 2.36. The number of methoxy groups -OCH3 is 1. The molecule has 0 bridgehead atoms. The summed E-state index contributed by atoms with van der Waals surface area (Å²) in [6.07, 6.45) is 1.04. The summed E-state index contributed by atoms with van der Waals surface area (Å²) >= 11 is 0. The highest BCUT2D eigenvalue weighted by molar-refractivity contribution is 5.39. The van der Waals surface area contributed by atoms with Crippen LogP contribution >= 0.6 is 0 Å². The second-order valence-electron chi connectivity index (χ2n) is 3.95. The molecule has 0 aromatic heterocycles. The van der Waals surface area contributed by atoms with Crippen LogP contribution in [0, 0.1) is 5.92 Å². The van der Waals surface area contributed by atoms with Gasteiger partial charge in [-0.05, 0) is 38.1 Å². The zero-order valence-electron chi connectivity index (χ0n) is 10.3. The van der Waals surface area contributed by atoms with Crippen LogP contribution in [0.5, 0.6) is 11.5 Å². The van der Waals surface area contributed by atoms with Crippen molar-refractivity contribution in [2.24, 2.45) is 5.92 Å². The lowest BCUT2D eigenvalue weighted by atomic mass is 10.1. The molecule has 90 valence electrons. The molecule has 1 aromatic rings. The van der Waals surface area contributed by atoms with E-state index in [2.05, 4.69) is 12.2 Å². The number of nitrogens with one attached hydrogen (secondary N) is 1. The van der Waals surface area contributed by atoms with E-state index in [-0.39, 0.29) is 0 Å². The van der Waals surface area contributed by atoms with Gasteiger partial charge in [0.15, 0.2) is 11.5 Å². The Morgan fingerprint density at radius 2 is 1.94 bits per heavy atom. The molecule has 0 fully saturated rings. The summed E-state index contributed by atoms with van der Waals surface area (Å²) < 4.78 is 10.9. The first-order chi connectivity index (χ1) is 7.77. The molecule has 0 aliphatic heterocycles. The standard InChI is InChI=1S/C13H21NO2/c1-11(10-14-2)8-9-16-13-7-5-4-6-12(13)15-3/h4-7,11,14H,8-10H2,1-3H3. The zero-order chi connectivity index (χ0) is 11.8. The number of benzene rings is 1. The van der Waals surface area contributed by atoms with Crippen molar-refractivity contribution >= 4 is 0 Å². The van der Waals surface area contributed by atoms with Crippen molar-refractivity contribution in [3.05, 3.63) is 24.3 Å². The third kappa shape index (κ3) is 4.11. The molecule has 0 saturated heterocycles. The van der Waals surface area contributed by atoms with Crippen LogP contribution < -0.4 is 14.8 Å². The molecule has 0 spiro atoms. The minimum Gasteiger partial charge on any atom is -0.493 e. The molecule has 1 atom stereocenters. The molecule has 0 amide bonds. The monoisotopic (exact) mass is 223 g/mol. The number of ether oxygens (including phenoxy) is 2. The lowest BCUT2D eigenvalue weighted by Crippen LogP contribution is -2.18. The Morgan fingerprint density at radius 1 is 1.25 bits per heavy atom. The fraction of sp³-hybridized carbons (Fsp3) is 0.538. The van der Waals surface area contributed by atoms with Crippen LogP contribution in [0.4, 0.5) is 0 Å². The number of hydrogen-bond acceptors (Lipinski definition) is 3. The van der Waals surface area contributed by atoms with Crippen LogP contribution in [0.3, 0.4) is 0 Å². The molecule has 1 unspecified atom stereocenters. The maximum absolute atomic E-state index is 5.69. The van der Waals surface area contributed by atoms with Crippen LogP contribution in [-0.2, 0) is 0 Å². The first kappa shape index (κ1) is 12.8. The van der Waals surface area contributed by atoms with Crippen LogP contribution in [0.2, 0.25) is 0 Å². The number of rotatable bonds is 7. The Bertz CT molecular complexity index is 302.